The van der Waals surface area contributed by atoms with E-state index in [2.05, 4.69) is 33.8 Å². The van der Waals surface area contributed by atoms with E-state index in [4.69, 9.17) is 10.5 Å². The van der Waals surface area contributed by atoms with Crippen molar-refractivity contribution in [3.63, 3.8) is 0 Å². The van der Waals surface area contributed by atoms with Gasteiger partial charge in [-0.15, -0.1) is 0 Å². The second-order valence-corrected chi connectivity index (χ2v) is 6.22. The smallest absolute Gasteiger partial charge is 0.309 e. The summed E-state index contributed by atoms with van der Waals surface area (Å²) >= 11 is 0. The maximum Gasteiger partial charge on any atom is 0.309 e. The van der Waals surface area contributed by atoms with Gasteiger partial charge >= 0.3 is 5.97 Å². The van der Waals surface area contributed by atoms with Crippen LogP contribution in [-0.2, 0) is 28.8 Å². The first kappa shape index (κ1) is 16.7. The van der Waals surface area contributed by atoms with E-state index in [0.717, 1.165) is 31.4 Å². The Morgan fingerprint density at radius 3 is 3.00 bits per heavy atom. The molecule has 1 aromatic carbocycles. The van der Waals surface area contributed by atoms with Crippen molar-refractivity contribution in [2.45, 2.75) is 39.0 Å². The second-order valence-electron chi connectivity index (χ2n) is 6.22. The number of para-hydroxylation sites is 1. The molecule has 2 N–H and O–H groups in total. The van der Waals surface area contributed by atoms with Crippen molar-refractivity contribution >= 4 is 5.97 Å². The van der Waals surface area contributed by atoms with Gasteiger partial charge in [-0.1, -0.05) is 18.2 Å². The van der Waals surface area contributed by atoms with E-state index in [0.29, 0.717) is 19.6 Å². The van der Waals surface area contributed by atoms with Gasteiger partial charge < -0.3 is 15.0 Å². The first-order valence-corrected chi connectivity index (χ1v) is 8.74. The highest BCUT2D eigenvalue weighted by molar-refractivity contribution is 5.72. The summed E-state index contributed by atoms with van der Waals surface area (Å²) in [7, 11) is 0. The Bertz CT molecular complexity index is 708. The van der Waals surface area contributed by atoms with Gasteiger partial charge in [0.25, 0.3) is 0 Å². The number of fused-ring (bicyclic) bond motifs is 3. The summed E-state index contributed by atoms with van der Waals surface area (Å²) in [5.74, 6) is -0.297. The number of nitrogens with two attached hydrogens (primary N) is 1. The normalized spacial score (nSPS) is 13.9. The number of hydrogen-bond donors (Lipinski definition) is 1. The van der Waals surface area contributed by atoms with Crippen LogP contribution in [0, 0.1) is 5.92 Å². The number of aryl methyl sites for hydroxylation is 1. The fraction of sp³-hybridized carbons (Fsp3) is 0.474. The summed E-state index contributed by atoms with van der Waals surface area (Å²) in [5.41, 5.74) is 10.4. The molecule has 0 saturated heterocycles. The number of hydrogen-bond acceptors (Lipinski definition) is 4. The quantitative estimate of drug-likeness (QED) is 0.793. The van der Waals surface area contributed by atoms with Crippen LogP contribution in [0.3, 0.4) is 0 Å². The summed E-state index contributed by atoms with van der Waals surface area (Å²) in [5, 5.41) is 0. The van der Waals surface area contributed by atoms with E-state index in [9.17, 15) is 4.79 Å². The molecule has 0 bridgehead atoms. The molecule has 1 aromatic heterocycles. The number of imidazole rings is 1. The zero-order chi connectivity index (χ0) is 16.9. The third-order valence-corrected chi connectivity index (χ3v) is 4.65. The molecule has 0 radical (unpaired) electrons. The molecule has 0 saturated carbocycles. The van der Waals surface area contributed by atoms with Crippen LogP contribution < -0.4 is 5.73 Å². The van der Waals surface area contributed by atoms with Crippen LogP contribution in [0.15, 0.2) is 30.6 Å². The fourth-order valence-corrected chi connectivity index (χ4v) is 3.42. The van der Waals surface area contributed by atoms with Gasteiger partial charge in [0, 0.05) is 17.8 Å². The highest BCUT2D eigenvalue weighted by Crippen LogP contribution is 2.28. The van der Waals surface area contributed by atoms with Crippen LogP contribution >= 0.6 is 0 Å². The van der Waals surface area contributed by atoms with Crippen molar-refractivity contribution in [1.29, 1.82) is 0 Å². The molecule has 5 nitrogen and oxygen atoms in total. The van der Waals surface area contributed by atoms with Crippen LogP contribution in [0.1, 0.15) is 36.7 Å². The van der Waals surface area contributed by atoms with Crippen molar-refractivity contribution in [2.24, 2.45) is 11.7 Å². The largest absolute Gasteiger partial charge is 0.466 e. The Balaban J connectivity index is 1.83. The van der Waals surface area contributed by atoms with Gasteiger partial charge in [0.15, 0.2) is 0 Å². The maximum atomic E-state index is 12.2. The number of carbonyl (C=O) groups excluding carboxylic acids is 1. The molecule has 2 heterocycles. The number of esters is 1. The van der Waals surface area contributed by atoms with E-state index in [1.165, 1.54) is 16.9 Å². The second kappa shape index (κ2) is 7.62. The zero-order valence-electron chi connectivity index (χ0n) is 14.2. The molecule has 3 rings (SSSR count). The number of nitrogens with zero attached hydrogens (tertiary/aromatic N) is 2. The van der Waals surface area contributed by atoms with Gasteiger partial charge in [-0.05, 0) is 50.8 Å². The minimum Gasteiger partial charge on any atom is -0.466 e. The maximum absolute atomic E-state index is 12.2. The Kier molecular flexibility index (Phi) is 5.30. The van der Waals surface area contributed by atoms with Gasteiger partial charge in [0.1, 0.15) is 0 Å². The number of aromatic nitrogens is 2. The fourth-order valence-electron chi connectivity index (χ4n) is 3.42. The van der Waals surface area contributed by atoms with Gasteiger partial charge in [-0.25, -0.2) is 4.98 Å². The Hall–Kier alpha value is -2.14. The van der Waals surface area contributed by atoms with Crippen LogP contribution in [0.4, 0.5) is 0 Å². The molecule has 24 heavy (non-hydrogen) atoms. The predicted octanol–water partition coefficient (Wildman–Crippen LogP) is 2.43. The van der Waals surface area contributed by atoms with Gasteiger partial charge in [-0.3, -0.25) is 4.79 Å². The van der Waals surface area contributed by atoms with E-state index in [1.807, 2.05) is 13.3 Å². The molecule has 0 fully saturated rings. The van der Waals surface area contributed by atoms with Crippen molar-refractivity contribution in [2.75, 3.05) is 13.2 Å². The number of rotatable bonds is 7. The minimum absolute atomic E-state index is 0.135. The zero-order valence-corrected chi connectivity index (χ0v) is 14.2. The Morgan fingerprint density at radius 1 is 1.38 bits per heavy atom. The van der Waals surface area contributed by atoms with Gasteiger partial charge in [-0.2, -0.15) is 0 Å². The monoisotopic (exact) mass is 327 g/mol. The van der Waals surface area contributed by atoms with E-state index in [1.54, 1.807) is 0 Å². The number of ether oxygens (including phenoxy) is 1. The van der Waals surface area contributed by atoms with Crippen LogP contribution in [-0.4, -0.2) is 28.7 Å². The predicted molar refractivity (Wildman–Crippen MR) is 93.1 cm³/mol. The molecule has 2 aromatic rings. The molecule has 1 atom stereocenters. The molecule has 1 aliphatic rings. The molecule has 0 spiro atoms. The van der Waals surface area contributed by atoms with Crippen molar-refractivity contribution in [3.8, 4) is 5.69 Å². The third-order valence-electron chi connectivity index (χ3n) is 4.65. The van der Waals surface area contributed by atoms with Crippen molar-refractivity contribution < 1.29 is 9.53 Å². The van der Waals surface area contributed by atoms with E-state index >= 15 is 0 Å². The summed E-state index contributed by atoms with van der Waals surface area (Å²) in [6.07, 6.45) is 6.05. The lowest BCUT2D eigenvalue weighted by Crippen LogP contribution is -2.22. The van der Waals surface area contributed by atoms with E-state index in [-0.39, 0.29) is 11.9 Å². The third kappa shape index (κ3) is 3.36. The average molecular weight is 327 g/mol. The van der Waals surface area contributed by atoms with Crippen LogP contribution in [0.25, 0.3) is 5.69 Å². The molecule has 0 amide bonds. The van der Waals surface area contributed by atoms with Crippen molar-refractivity contribution in [3.05, 3.63) is 47.5 Å². The SMILES string of the molecule is CCOC(=O)[C@@H](CCCN)Cc1ncn2c1CCc1ccccc1-2. The highest BCUT2D eigenvalue weighted by Gasteiger charge is 2.25. The molecule has 1 aliphatic heterocycles. The summed E-state index contributed by atoms with van der Waals surface area (Å²) in [4.78, 5) is 16.9. The lowest BCUT2D eigenvalue weighted by molar-refractivity contribution is -0.148. The van der Waals surface area contributed by atoms with Crippen LogP contribution in [0.5, 0.6) is 0 Å². The highest BCUT2D eigenvalue weighted by atomic mass is 16.5. The van der Waals surface area contributed by atoms with E-state index < -0.39 is 0 Å². The van der Waals surface area contributed by atoms with Gasteiger partial charge in [0.05, 0.1) is 24.5 Å². The number of carbonyl (C=O) groups is 1. The minimum atomic E-state index is -0.162. The number of benzene rings is 1. The summed E-state index contributed by atoms with van der Waals surface area (Å²) in [6.45, 7) is 2.84. The Labute approximate surface area is 142 Å². The van der Waals surface area contributed by atoms with Gasteiger partial charge in [0.2, 0.25) is 0 Å². The average Bonchev–Trinajstić information content (AvgIpc) is 3.02. The summed E-state index contributed by atoms with van der Waals surface area (Å²) < 4.78 is 7.40. The molecular weight excluding hydrogens is 302 g/mol. The molecule has 128 valence electrons. The summed E-state index contributed by atoms with van der Waals surface area (Å²) in [6, 6.07) is 8.42. The lowest BCUT2D eigenvalue weighted by Gasteiger charge is -2.20. The topological polar surface area (TPSA) is 70.1 Å². The molecular formula is C19H25N3O2. The van der Waals surface area contributed by atoms with Crippen molar-refractivity contribution in [1.82, 2.24) is 9.55 Å². The first-order chi connectivity index (χ1) is 11.7. The standard InChI is InChI=1S/C19H25N3O2/c1-2-24-19(23)15(7-5-11-20)12-16-18-10-9-14-6-3-4-8-17(14)22(18)13-21-16/h3-4,6,8,13,15H,2,5,7,9-12,20H2,1H3/t15-/m0/s1. The molecule has 5 heteroatoms. The molecule has 0 aliphatic carbocycles. The van der Waals surface area contributed by atoms with Crippen LogP contribution in [0.2, 0.25) is 0 Å². The lowest BCUT2D eigenvalue weighted by atomic mass is 9.94. The molecule has 0 unspecified atom stereocenters. The Morgan fingerprint density at radius 2 is 2.21 bits per heavy atom. The first-order valence-electron chi connectivity index (χ1n) is 8.74.